The lowest BCUT2D eigenvalue weighted by atomic mass is 9.88. The molecule has 8 nitrogen and oxygen atoms in total. The van der Waals surface area contributed by atoms with Crippen molar-refractivity contribution in [3.8, 4) is 0 Å². The van der Waals surface area contributed by atoms with E-state index in [0.717, 1.165) is 16.8 Å². The van der Waals surface area contributed by atoms with Crippen molar-refractivity contribution in [3.05, 3.63) is 99.8 Å². The standard InChI is InChI=1S/C27H28FN5O3/c1-2-3-19-6-9-23-24-21(14-32(23)27(19)36)22(15-34)25(33(24)13-18-10-29-16-30-11-18)26(35)31-12-17-4-7-20(28)8-5-17/h2-11,16,21-22,24-25,34H,12-15H2,1H3,(H,31,35)/b3-2+/t21-,22-,24+,25-/m0/s1. The molecule has 9 heteroatoms. The predicted molar refractivity (Wildman–Crippen MR) is 132 cm³/mol. The van der Waals surface area contributed by atoms with Crippen LogP contribution in [0, 0.1) is 17.7 Å². The zero-order chi connectivity index (χ0) is 25.2. The molecule has 0 bridgehead atoms. The number of aromatic nitrogens is 3. The smallest absolute Gasteiger partial charge is 0.258 e. The van der Waals surface area contributed by atoms with Crippen molar-refractivity contribution in [1.29, 1.82) is 0 Å². The summed E-state index contributed by atoms with van der Waals surface area (Å²) in [7, 11) is 0. The molecule has 186 valence electrons. The van der Waals surface area contributed by atoms with Crippen LogP contribution in [0.4, 0.5) is 4.39 Å². The summed E-state index contributed by atoms with van der Waals surface area (Å²) in [4.78, 5) is 37.0. The van der Waals surface area contributed by atoms with Crippen molar-refractivity contribution in [1.82, 2.24) is 24.8 Å². The SMILES string of the molecule is C/C=C/c1ccc2n(c1=O)C[C@H]1[C@H](CO)[C@@H](C(=O)NCc3ccc(F)cc3)N(Cc3cncnc3)[C@@H]21. The van der Waals surface area contributed by atoms with Crippen LogP contribution in [-0.2, 0) is 24.4 Å². The Morgan fingerprint density at radius 3 is 2.61 bits per heavy atom. The van der Waals surface area contributed by atoms with E-state index >= 15 is 0 Å². The molecule has 0 unspecified atom stereocenters. The molecule has 2 aliphatic heterocycles. The van der Waals surface area contributed by atoms with E-state index in [1.54, 1.807) is 35.2 Å². The van der Waals surface area contributed by atoms with Gasteiger partial charge < -0.3 is 15.0 Å². The molecule has 2 aromatic heterocycles. The van der Waals surface area contributed by atoms with Crippen LogP contribution in [0.3, 0.4) is 0 Å². The van der Waals surface area contributed by atoms with Crippen molar-refractivity contribution in [3.63, 3.8) is 0 Å². The number of nitrogens with one attached hydrogen (secondary N) is 1. The summed E-state index contributed by atoms with van der Waals surface area (Å²) in [6.07, 6.45) is 8.49. The molecule has 0 radical (unpaired) electrons. The molecule has 5 rings (SSSR count). The first-order chi connectivity index (χ1) is 17.5. The number of aliphatic hydroxyl groups is 1. The van der Waals surface area contributed by atoms with E-state index in [1.165, 1.54) is 18.5 Å². The first kappa shape index (κ1) is 24.0. The quantitative estimate of drug-likeness (QED) is 0.528. The number of hydrogen-bond donors (Lipinski definition) is 2. The number of nitrogens with zero attached hydrogens (tertiary/aromatic N) is 4. The Balaban J connectivity index is 1.49. The maximum Gasteiger partial charge on any atom is 0.258 e. The molecule has 36 heavy (non-hydrogen) atoms. The van der Waals surface area contributed by atoms with Gasteiger partial charge >= 0.3 is 0 Å². The third kappa shape index (κ3) is 4.36. The van der Waals surface area contributed by atoms with Crippen LogP contribution in [0.2, 0.25) is 0 Å². The van der Waals surface area contributed by atoms with Gasteiger partial charge in [0.1, 0.15) is 12.1 Å². The molecule has 0 saturated carbocycles. The highest BCUT2D eigenvalue weighted by molar-refractivity contribution is 5.82. The summed E-state index contributed by atoms with van der Waals surface area (Å²) in [6.45, 7) is 2.74. The van der Waals surface area contributed by atoms with Gasteiger partial charge in [-0.2, -0.15) is 0 Å². The topological polar surface area (TPSA) is 100 Å². The Morgan fingerprint density at radius 1 is 1.17 bits per heavy atom. The second-order valence-corrected chi connectivity index (χ2v) is 9.29. The molecular weight excluding hydrogens is 461 g/mol. The third-order valence-electron chi connectivity index (χ3n) is 7.19. The average Bonchev–Trinajstić information content (AvgIpc) is 3.41. The van der Waals surface area contributed by atoms with Crippen LogP contribution in [0.25, 0.3) is 6.08 Å². The molecule has 0 aliphatic carbocycles. The number of pyridine rings is 1. The van der Waals surface area contributed by atoms with Gasteiger partial charge in [-0.1, -0.05) is 24.3 Å². The van der Waals surface area contributed by atoms with E-state index in [0.29, 0.717) is 18.7 Å². The van der Waals surface area contributed by atoms with Gasteiger partial charge in [0.25, 0.3) is 5.56 Å². The number of carbonyl (C=O) groups is 1. The van der Waals surface area contributed by atoms with Crippen LogP contribution in [0.15, 0.2) is 66.0 Å². The summed E-state index contributed by atoms with van der Waals surface area (Å²) >= 11 is 0. The normalized spacial score (nSPS) is 23.1. The number of halogens is 1. The van der Waals surface area contributed by atoms with Crippen molar-refractivity contribution < 1.29 is 14.3 Å². The lowest BCUT2D eigenvalue weighted by molar-refractivity contribution is -0.128. The van der Waals surface area contributed by atoms with Gasteiger partial charge in [0.05, 0.1) is 12.1 Å². The minimum Gasteiger partial charge on any atom is -0.396 e. The number of rotatable bonds is 7. The molecule has 4 atom stereocenters. The molecular formula is C27H28FN5O3. The van der Waals surface area contributed by atoms with E-state index in [2.05, 4.69) is 20.2 Å². The van der Waals surface area contributed by atoms with Gasteiger partial charge in [-0.25, -0.2) is 14.4 Å². The fourth-order valence-corrected chi connectivity index (χ4v) is 5.63. The molecule has 4 heterocycles. The summed E-state index contributed by atoms with van der Waals surface area (Å²) < 4.78 is 15.0. The van der Waals surface area contributed by atoms with Crippen LogP contribution >= 0.6 is 0 Å². The van der Waals surface area contributed by atoms with Crippen LogP contribution in [-0.4, -0.2) is 43.1 Å². The van der Waals surface area contributed by atoms with Crippen molar-refractivity contribution >= 4 is 12.0 Å². The highest BCUT2D eigenvalue weighted by Gasteiger charge is 2.55. The zero-order valence-electron chi connectivity index (χ0n) is 19.9. The number of likely N-dealkylation sites (tertiary alicyclic amines) is 1. The van der Waals surface area contributed by atoms with Crippen molar-refractivity contribution in [2.24, 2.45) is 11.8 Å². The lowest BCUT2D eigenvalue weighted by Crippen LogP contribution is -2.48. The van der Waals surface area contributed by atoms with Crippen LogP contribution in [0.1, 0.15) is 35.3 Å². The van der Waals surface area contributed by atoms with E-state index in [-0.39, 0.29) is 48.3 Å². The number of allylic oxidation sites excluding steroid dienone is 1. The maximum absolute atomic E-state index is 13.6. The minimum atomic E-state index is -0.621. The number of fused-ring (bicyclic) bond motifs is 3. The maximum atomic E-state index is 13.6. The van der Waals surface area contributed by atoms with Gasteiger partial charge in [0, 0.05) is 67.3 Å². The average molecular weight is 490 g/mol. The second-order valence-electron chi connectivity index (χ2n) is 9.29. The molecule has 1 aromatic carbocycles. The van der Waals surface area contributed by atoms with E-state index in [9.17, 15) is 19.1 Å². The summed E-state index contributed by atoms with van der Waals surface area (Å²) in [6, 6.07) is 8.90. The Bertz CT molecular complexity index is 1330. The lowest BCUT2D eigenvalue weighted by Gasteiger charge is -2.30. The first-order valence-corrected chi connectivity index (χ1v) is 12.0. The van der Waals surface area contributed by atoms with Gasteiger partial charge in [-0.05, 0) is 36.8 Å². The molecule has 1 saturated heterocycles. The van der Waals surface area contributed by atoms with Gasteiger partial charge in [0.15, 0.2) is 0 Å². The van der Waals surface area contributed by atoms with Gasteiger partial charge in [0.2, 0.25) is 5.91 Å². The number of aliphatic hydroxyl groups excluding tert-OH is 1. The molecule has 0 spiro atoms. The van der Waals surface area contributed by atoms with Crippen LogP contribution in [0.5, 0.6) is 0 Å². The van der Waals surface area contributed by atoms with E-state index in [4.69, 9.17) is 0 Å². The zero-order valence-corrected chi connectivity index (χ0v) is 19.9. The minimum absolute atomic E-state index is 0.0722. The largest absolute Gasteiger partial charge is 0.396 e. The molecule has 1 fully saturated rings. The number of hydrogen-bond acceptors (Lipinski definition) is 6. The Labute approximate surface area is 208 Å². The predicted octanol–water partition coefficient (Wildman–Crippen LogP) is 2.29. The second kappa shape index (κ2) is 10.1. The number of carbonyl (C=O) groups excluding carboxylic acids is 1. The van der Waals surface area contributed by atoms with Gasteiger partial charge in [-0.15, -0.1) is 0 Å². The summed E-state index contributed by atoms with van der Waals surface area (Å²) in [5, 5.41) is 13.4. The number of benzene rings is 1. The van der Waals surface area contributed by atoms with Crippen LogP contribution < -0.4 is 10.9 Å². The van der Waals surface area contributed by atoms with Crippen molar-refractivity contribution in [2.45, 2.75) is 38.6 Å². The first-order valence-electron chi connectivity index (χ1n) is 12.0. The molecule has 2 aliphatic rings. The van der Waals surface area contributed by atoms with E-state index in [1.807, 2.05) is 25.1 Å². The fraction of sp³-hybridized carbons (Fsp3) is 0.333. The van der Waals surface area contributed by atoms with Crippen molar-refractivity contribution in [2.75, 3.05) is 6.61 Å². The number of amides is 1. The summed E-state index contributed by atoms with van der Waals surface area (Å²) in [5.41, 5.74) is 2.98. The van der Waals surface area contributed by atoms with Gasteiger partial charge in [-0.3, -0.25) is 14.5 Å². The summed E-state index contributed by atoms with van der Waals surface area (Å²) in [5.74, 6) is -1.05. The Hall–Kier alpha value is -3.69. The Kier molecular flexibility index (Phi) is 6.75. The van der Waals surface area contributed by atoms with E-state index < -0.39 is 6.04 Å². The Morgan fingerprint density at radius 2 is 1.92 bits per heavy atom. The third-order valence-corrected chi connectivity index (χ3v) is 7.19. The highest BCUT2D eigenvalue weighted by Crippen LogP contribution is 2.49. The molecule has 1 amide bonds. The molecule has 2 N–H and O–H groups in total. The fourth-order valence-electron chi connectivity index (χ4n) is 5.63. The highest BCUT2D eigenvalue weighted by atomic mass is 19.1. The molecule has 3 aromatic rings. The monoisotopic (exact) mass is 489 g/mol.